The van der Waals surface area contributed by atoms with E-state index in [4.69, 9.17) is 0 Å². The fraction of sp³-hybridized carbons (Fsp3) is 0.267. The molecule has 23 heavy (non-hydrogen) atoms. The standard InChI is InChI=1S/C15H12N4O3S/c1-19-13(21)9-5-4-8(6-10(9)14(19)22)11(20)16-15-18-17-12(23-15)7-2-3-7/h4-7H,2-3H2,1H3,(H,16,18,20). The maximum atomic E-state index is 12.3. The van der Waals surface area contributed by atoms with Crippen molar-refractivity contribution in [2.45, 2.75) is 18.8 Å². The molecule has 1 saturated carbocycles. The molecule has 2 heterocycles. The zero-order valence-corrected chi connectivity index (χ0v) is 13.0. The third kappa shape index (κ3) is 2.31. The molecular weight excluding hydrogens is 316 g/mol. The smallest absolute Gasteiger partial charge is 0.261 e. The molecule has 0 saturated heterocycles. The van der Waals surface area contributed by atoms with Gasteiger partial charge in [-0.25, -0.2) is 0 Å². The van der Waals surface area contributed by atoms with Gasteiger partial charge in [0, 0.05) is 18.5 Å². The van der Waals surface area contributed by atoms with Gasteiger partial charge in [-0.15, -0.1) is 10.2 Å². The molecular formula is C15H12N4O3S. The second kappa shape index (κ2) is 4.95. The van der Waals surface area contributed by atoms with E-state index in [1.165, 1.54) is 36.6 Å². The molecule has 1 aliphatic carbocycles. The molecule has 1 aliphatic heterocycles. The van der Waals surface area contributed by atoms with E-state index in [2.05, 4.69) is 15.5 Å². The van der Waals surface area contributed by atoms with Gasteiger partial charge >= 0.3 is 0 Å². The number of anilines is 1. The molecule has 0 unspecified atom stereocenters. The van der Waals surface area contributed by atoms with E-state index >= 15 is 0 Å². The van der Waals surface area contributed by atoms with E-state index in [9.17, 15) is 14.4 Å². The second-order valence-corrected chi connectivity index (χ2v) is 6.61. The van der Waals surface area contributed by atoms with Crippen molar-refractivity contribution >= 4 is 34.2 Å². The molecule has 1 aromatic heterocycles. The molecule has 2 aliphatic rings. The van der Waals surface area contributed by atoms with Crippen LogP contribution >= 0.6 is 11.3 Å². The van der Waals surface area contributed by atoms with Crippen LogP contribution in [0.4, 0.5) is 5.13 Å². The third-order valence-corrected chi connectivity index (χ3v) is 4.94. The Morgan fingerprint density at radius 3 is 2.70 bits per heavy atom. The molecule has 0 bridgehead atoms. The maximum absolute atomic E-state index is 12.3. The first kappa shape index (κ1) is 14.0. The number of nitrogens with zero attached hydrogens (tertiary/aromatic N) is 3. The Kier molecular flexibility index (Phi) is 3.02. The van der Waals surface area contributed by atoms with Crippen molar-refractivity contribution in [2.75, 3.05) is 12.4 Å². The number of aromatic nitrogens is 2. The number of benzene rings is 1. The Morgan fingerprint density at radius 2 is 1.96 bits per heavy atom. The Hall–Kier alpha value is -2.61. The average Bonchev–Trinajstić information content (AvgIpc) is 3.27. The minimum atomic E-state index is -0.397. The third-order valence-electron chi connectivity index (χ3n) is 3.94. The summed E-state index contributed by atoms with van der Waals surface area (Å²) in [5.41, 5.74) is 0.880. The normalized spacial score (nSPS) is 16.7. The fourth-order valence-corrected chi connectivity index (χ4v) is 3.36. The molecule has 1 aromatic carbocycles. The van der Waals surface area contributed by atoms with Gasteiger partial charge in [0.15, 0.2) is 0 Å². The topological polar surface area (TPSA) is 92.3 Å². The van der Waals surface area contributed by atoms with Crippen LogP contribution in [-0.4, -0.2) is 39.9 Å². The van der Waals surface area contributed by atoms with E-state index in [0.717, 1.165) is 22.7 Å². The lowest BCUT2D eigenvalue weighted by Gasteiger charge is -2.03. The molecule has 0 radical (unpaired) electrons. The second-order valence-electron chi connectivity index (χ2n) is 5.60. The summed E-state index contributed by atoms with van der Waals surface area (Å²) in [6.07, 6.45) is 2.24. The quantitative estimate of drug-likeness (QED) is 0.869. The van der Waals surface area contributed by atoms with E-state index in [1.807, 2.05) is 0 Å². The van der Waals surface area contributed by atoms with E-state index in [0.29, 0.717) is 22.2 Å². The van der Waals surface area contributed by atoms with Crippen LogP contribution in [0.1, 0.15) is 54.8 Å². The largest absolute Gasteiger partial charge is 0.296 e. The Balaban J connectivity index is 1.57. The lowest BCUT2D eigenvalue weighted by molar-refractivity contribution is 0.0693. The number of hydrogen-bond acceptors (Lipinski definition) is 6. The Morgan fingerprint density at radius 1 is 1.22 bits per heavy atom. The Bertz CT molecular complexity index is 856. The van der Waals surface area contributed by atoms with Gasteiger partial charge in [0.2, 0.25) is 5.13 Å². The van der Waals surface area contributed by atoms with Gasteiger partial charge in [0.1, 0.15) is 5.01 Å². The van der Waals surface area contributed by atoms with Gasteiger partial charge in [-0.3, -0.25) is 24.6 Å². The predicted octanol–water partition coefficient (Wildman–Crippen LogP) is 1.89. The first-order chi connectivity index (χ1) is 11.0. The zero-order chi connectivity index (χ0) is 16.1. The first-order valence-electron chi connectivity index (χ1n) is 7.16. The molecule has 8 heteroatoms. The number of fused-ring (bicyclic) bond motifs is 1. The highest BCUT2D eigenvalue weighted by molar-refractivity contribution is 7.15. The lowest BCUT2D eigenvalue weighted by Crippen LogP contribution is -2.24. The monoisotopic (exact) mass is 328 g/mol. The number of amides is 3. The average molecular weight is 328 g/mol. The summed E-state index contributed by atoms with van der Waals surface area (Å²) in [4.78, 5) is 37.2. The van der Waals surface area contributed by atoms with Crippen LogP contribution in [0, 0.1) is 0 Å². The van der Waals surface area contributed by atoms with Crippen LogP contribution < -0.4 is 5.32 Å². The molecule has 0 atom stereocenters. The van der Waals surface area contributed by atoms with Gasteiger partial charge in [-0.05, 0) is 31.0 Å². The summed E-state index contributed by atoms with van der Waals surface area (Å²) in [7, 11) is 1.42. The molecule has 7 nitrogen and oxygen atoms in total. The highest BCUT2D eigenvalue weighted by atomic mass is 32.1. The van der Waals surface area contributed by atoms with Crippen molar-refractivity contribution in [1.82, 2.24) is 15.1 Å². The zero-order valence-electron chi connectivity index (χ0n) is 12.2. The first-order valence-corrected chi connectivity index (χ1v) is 7.97. The number of carbonyl (C=O) groups excluding carboxylic acids is 3. The van der Waals surface area contributed by atoms with Crippen molar-refractivity contribution in [1.29, 1.82) is 0 Å². The van der Waals surface area contributed by atoms with Crippen molar-refractivity contribution in [3.8, 4) is 0 Å². The van der Waals surface area contributed by atoms with Crippen molar-refractivity contribution in [3.63, 3.8) is 0 Å². The summed E-state index contributed by atoms with van der Waals surface area (Å²) in [5, 5.41) is 12.1. The summed E-state index contributed by atoms with van der Waals surface area (Å²) in [5.74, 6) is -0.639. The van der Waals surface area contributed by atoms with Gasteiger partial charge in [0.25, 0.3) is 17.7 Å². The van der Waals surface area contributed by atoms with Crippen molar-refractivity contribution in [2.24, 2.45) is 0 Å². The molecule has 0 spiro atoms. The minimum absolute atomic E-state index is 0.251. The number of carbonyl (C=O) groups is 3. The molecule has 2 aromatic rings. The molecule has 1 fully saturated rings. The molecule has 1 N–H and O–H groups in total. The summed E-state index contributed by atoms with van der Waals surface area (Å²) in [6.45, 7) is 0. The van der Waals surface area contributed by atoms with Crippen LogP contribution in [-0.2, 0) is 0 Å². The molecule has 3 amide bonds. The van der Waals surface area contributed by atoms with E-state index in [1.54, 1.807) is 0 Å². The summed E-state index contributed by atoms with van der Waals surface area (Å²) < 4.78 is 0. The molecule has 116 valence electrons. The van der Waals surface area contributed by atoms with Gasteiger partial charge in [-0.1, -0.05) is 11.3 Å². The Labute approximate surface area is 135 Å². The highest BCUT2D eigenvalue weighted by Gasteiger charge is 2.33. The number of nitrogens with one attached hydrogen (secondary N) is 1. The fourth-order valence-electron chi connectivity index (χ4n) is 2.45. The van der Waals surface area contributed by atoms with Crippen LogP contribution in [0.25, 0.3) is 0 Å². The number of hydrogen-bond donors (Lipinski definition) is 1. The van der Waals surface area contributed by atoms with Crippen molar-refractivity contribution in [3.05, 3.63) is 39.9 Å². The van der Waals surface area contributed by atoms with Crippen LogP contribution in [0.15, 0.2) is 18.2 Å². The molecule has 4 rings (SSSR count). The number of imide groups is 1. The van der Waals surface area contributed by atoms with E-state index in [-0.39, 0.29) is 17.4 Å². The minimum Gasteiger partial charge on any atom is -0.296 e. The number of rotatable bonds is 3. The maximum Gasteiger partial charge on any atom is 0.261 e. The van der Waals surface area contributed by atoms with Gasteiger partial charge < -0.3 is 0 Å². The summed E-state index contributed by atoms with van der Waals surface area (Å²) >= 11 is 1.37. The highest BCUT2D eigenvalue weighted by Crippen LogP contribution is 2.42. The van der Waals surface area contributed by atoms with Crippen LogP contribution in [0.3, 0.4) is 0 Å². The van der Waals surface area contributed by atoms with Crippen LogP contribution in [0.2, 0.25) is 0 Å². The predicted molar refractivity (Wildman–Crippen MR) is 82.7 cm³/mol. The SMILES string of the molecule is CN1C(=O)c2ccc(C(=O)Nc3nnc(C4CC4)s3)cc2C1=O. The summed E-state index contributed by atoms with van der Waals surface area (Å²) in [6, 6.07) is 4.47. The van der Waals surface area contributed by atoms with E-state index < -0.39 is 5.91 Å². The van der Waals surface area contributed by atoms with Crippen molar-refractivity contribution < 1.29 is 14.4 Å². The van der Waals surface area contributed by atoms with Gasteiger partial charge in [0.05, 0.1) is 11.1 Å². The lowest BCUT2D eigenvalue weighted by atomic mass is 10.1. The van der Waals surface area contributed by atoms with Gasteiger partial charge in [-0.2, -0.15) is 0 Å². The van der Waals surface area contributed by atoms with Crippen LogP contribution in [0.5, 0.6) is 0 Å².